The number of fused-ring (bicyclic) bond motifs is 1. The molecule has 2 fully saturated rings. The van der Waals surface area contributed by atoms with E-state index in [0.717, 1.165) is 5.56 Å². The molecule has 108 valence electrons. The minimum atomic E-state index is -3.47. The van der Waals surface area contributed by atoms with Crippen molar-refractivity contribution < 1.29 is 13.2 Å². The minimum absolute atomic E-state index is 0.0288. The number of benzene rings is 1. The number of piperidine rings is 1. The monoisotopic (exact) mass is 294 g/mol. The zero-order valence-corrected chi connectivity index (χ0v) is 12.2. The molecule has 0 aliphatic carbocycles. The Balaban J connectivity index is 1.91. The first kappa shape index (κ1) is 13.6. The van der Waals surface area contributed by atoms with Crippen LogP contribution in [0.4, 0.5) is 0 Å². The van der Waals surface area contributed by atoms with Crippen LogP contribution in [0.15, 0.2) is 29.2 Å². The van der Waals surface area contributed by atoms with Gasteiger partial charge in [0.05, 0.1) is 4.90 Å². The number of sulfonamides is 1. The number of rotatable bonds is 2. The summed E-state index contributed by atoms with van der Waals surface area (Å²) in [5, 5.41) is 2.90. The number of hydrogen-bond acceptors (Lipinski definition) is 3. The van der Waals surface area contributed by atoms with Crippen molar-refractivity contribution in [3.05, 3.63) is 29.8 Å². The summed E-state index contributed by atoms with van der Waals surface area (Å²) in [5.41, 5.74) is 0.929. The van der Waals surface area contributed by atoms with Crippen LogP contribution in [0.5, 0.6) is 0 Å². The summed E-state index contributed by atoms with van der Waals surface area (Å²) in [7, 11) is -3.47. The maximum atomic E-state index is 12.7. The van der Waals surface area contributed by atoms with Crippen LogP contribution in [0.25, 0.3) is 0 Å². The number of carbonyl (C=O) groups excluding carboxylic acids is 1. The first-order valence-corrected chi connectivity index (χ1v) is 8.30. The van der Waals surface area contributed by atoms with Gasteiger partial charge in [-0.05, 0) is 37.5 Å². The van der Waals surface area contributed by atoms with Gasteiger partial charge in [-0.15, -0.1) is 0 Å². The smallest absolute Gasteiger partial charge is 0.243 e. The summed E-state index contributed by atoms with van der Waals surface area (Å²) < 4.78 is 27.0. The molecule has 1 aromatic rings. The normalized spacial score (nSPS) is 27.1. The van der Waals surface area contributed by atoms with E-state index in [1.807, 2.05) is 13.0 Å². The number of carbonyl (C=O) groups is 1. The van der Waals surface area contributed by atoms with E-state index in [1.54, 1.807) is 22.5 Å². The van der Waals surface area contributed by atoms with E-state index in [4.69, 9.17) is 0 Å². The van der Waals surface area contributed by atoms with Crippen LogP contribution < -0.4 is 5.32 Å². The number of aryl methyl sites for hydroxylation is 1. The van der Waals surface area contributed by atoms with Crippen LogP contribution in [0.2, 0.25) is 0 Å². The molecule has 1 amide bonds. The molecule has 0 unspecified atom stereocenters. The third-order valence-electron chi connectivity index (χ3n) is 4.10. The quantitative estimate of drug-likeness (QED) is 0.886. The average Bonchev–Trinajstić information content (AvgIpc) is 2.82. The molecule has 0 bridgehead atoms. The van der Waals surface area contributed by atoms with Crippen molar-refractivity contribution in [1.82, 2.24) is 9.62 Å². The van der Waals surface area contributed by atoms with Crippen molar-refractivity contribution in [1.29, 1.82) is 0 Å². The van der Waals surface area contributed by atoms with E-state index in [1.165, 1.54) is 0 Å². The summed E-state index contributed by atoms with van der Waals surface area (Å²) in [6, 6.07) is 6.85. The highest BCUT2D eigenvalue weighted by molar-refractivity contribution is 7.89. The van der Waals surface area contributed by atoms with E-state index < -0.39 is 10.0 Å². The SMILES string of the molecule is Cc1cccc(S(=O)(=O)N2CC[C@@H]3NC(=O)CC[C@@H]32)c1. The molecule has 0 radical (unpaired) electrons. The minimum Gasteiger partial charge on any atom is -0.352 e. The highest BCUT2D eigenvalue weighted by atomic mass is 32.2. The number of nitrogens with zero attached hydrogens (tertiary/aromatic N) is 1. The molecule has 6 heteroatoms. The van der Waals surface area contributed by atoms with Crippen LogP contribution in [-0.4, -0.2) is 37.3 Å². The average molecular weight is 294 g/mol. The molecule has 0 spiro atoms. The summed E-state index contributed by atoms with van der Waals surface area (Å²) in [6.45, 7) is 2.36. The van der Waals surface area contributed by atoms with Crippen LogP contribution in [0, 0.1) is 6.92 Å². The molecule has 20 heavy (non-hydrogen) atoms. The number of hydrogen-bond donors (Lipinski definition) is 1. The third-order valence-corrected chi connectivity index (χ3v) is 6.03. The summed E-state index contributed by atoms with van der Waals surface area (Å²) in [5.74, 6) is 0.0288. The van der Waals surface area contributed by atoms with Crippen LogP contribution >= 0.6 is 0 Å². The molecule has 3 rings (SSSR count). The van der Waals surface area contributed by atoms with Gasteiger partial charge in [-0.1, -0.05) is 12.1 Å². The largest absolute Gasteiger partial charge is 0.352 e. The Morgan fingerprint density at radius 3 is 2.85 bits per heavy atom. The van der Waals surface area contributed by atoms with Crippen molar-refractivity contribution in [2.45, 2.75) is 43.2 Å². The Morgan fingerprint density at radius 2 is 2.10 bits per heavy atom. The van der Waals surface area contributed by atoms with E-state index in [9.17, 15) is 13.2 Å². The fraction of sp³-hybridized carbons (Fsp3) is 0.500. The lowest BCUT2D eigenvalue weighted by Gasteiger charge is -2.31. The molecular formula is C14H18N2O3S. The highest BCUT2D eigenvalue weighted by Crippen LogP contribution is 2.31. The van der Waals surface area contributed by atoms with Gasteiger partial charge in [-0.25, -0.2) is 8.42 Å². The van der Waals surface area contributed by atoms with Gasteiger partial charge in [-0.2, -0.15) is 4.31 Å². The van der Waals surface area contributed by atoms with Crippen LogP contribution in [-0.2, 0) is 14.8 Å². The Kier molecular flexibility index (Phi) is 3.30. The molecule has 1 N–H and O–H groups in total. The lowest BCUT2D eigenvalue weighted by Crippen LogP contribution is -2.50. The molecular weight excluding hydrogens is 276 g/mol. The molecule has 2 heterocycles. The standard InChI is InChI=1S/C14H18N2O3S/c1-10-3-2-4-11(9-10)20(18,19)16-8-7-12-13(16)5-6-14(17)15-12/h2-4,9,12-13H,5-8H2,1H3,(H,15,17)/t12-,13-/m0/s1. The first-order chi connectivity index (χ1) is 9.48. The van der Waals surface area contributed by atoms with Gasteiger partial charge in [0, 0.05) is 25.0 Å². The second-order valence-electron chi connectivity index (χ2n) is 5.50. The maximum absolute atomic E-state index is 12.7. The van der Waals surface area contributed by atoms with Gasteiger partial charge in [0.2, 0.25) is 15.9 Å². The summed E-state index contributed by atoms with van der Waals surface area (Å²) in [4.78, 5) is 11.7. The second-order valence-corrected chi connectivity index (χ2v) is 7.39. The van der Waals surface area contributed by atoms with E-state index in [0.29, 0.717) is 30.7 Å². The molecule has 2 aliphatic rings. The van der Waals surface area contributed by atoms with E-state index in [2.05, 4.69) is 5.32 Å². The zero-order chi connectivity index (χ0) is 14.3. The van der Waals surface area contributed by atoms with Crippen molar-refractivity contribution in [2.75, 3.05) is 6.54 Å². The predicted octanol–water partition coefficient (Wildman–Crippen LogP) is 1.04. The lowest BCUT2D eigenvalue weighted by atomic mass is 10.00. The molecule has 0 saturated carbocycles. The Hall–Kier alpha value is -1.40. The van der Waals surface area contributed by atoms with Crippen LogP contribution in [0.3, 0.4) is 0 Å². The highest BCUT2D eigenvalue weighted by Gasteiger charge is 2.44. The number of nitrogens with one attached hydrogen (secondary N) is 1. The van der Waals surface area contributed by atoms with E-state index >= 15 is 0 Å². The Morgan fingerprint density at radius 1 is 1.30 bits per heavy atom. The fourth-order valence-electron chi connectivity index (χ4n) is 3.11. The van der Waals surface area contributed by atoms with Crippen molar-refractivity contribution in [3.8, 4) is 0 Å². The topological polar surface area (TPSA) is 66.5 Å². The molecule has 2 aliphatic heterocycles. The molecule has 0 aromatic heterocycles. The van der Waals surface area contributed by atoms with Gasteiger partial charge in [0.15, 0.2) is 0 Å². The first-order valence-electron chi connectivity index (χ1n) is 6.86. The lowest BCUT2D eigenvalue weighted by molar-refractivity contribution is -0.123. The van der Waals surface area contributed by atoms with Gasteiger partial charge >= 0.3 is 0 Å². The predicted molar refractivity (Wildman–Crippen MR) is 74.6 cm³/mol. The van der Waals surface area contributed by atoms with E-state index in [-0.39, 0.29) is 18.0 Å². The Labute approximate surface area is 119 Å². The Bertz CT molecular complexity index is 642. The summed E-state index contributed by atoms with van der Waals surface area (Å²) >= 11 is 0. The molecule has 2 saturated heterocycles. The van der Waals surface area contributed by atoms with Crippen LogP contribution in [0.1, 0.15) is 24.8 Å². The summed E-state index contributed by atoms with van der Waals surface area (Å²) in [6.07, 6.45) is 1.71. The third kappa shape index (κ3) is 2.23. The zero-order valence-electron chi connectivity index (χ0n) is 11.4. The van der Waals surface area contributed by atoms with Gasteiger partial charge in [0.25, 0.3) is 0 Å². The van der Waals surface area contributed by atoms with Gasteiger partial charge in [0.1, 0.15) is 0 Å². The van der Waals surface area contributed by atoms with Crippen molar-refractivity contribution >= 4 is 15.9 Å². The maximum Gasteiger partial charge on any atom is 0.243 e. The molecule has 1 aromatic carbocycles. The molecule has 2 atom stereocenters. The number of amides is 1. The second kappa shape index (κ2) is 4.86. The van der Waals surface area contributed by atoms with Crippen molar-refractivity contribution in [3.63, 3.8) is 0 Å². The van der Waals surface area contributed by atoms with Gasteiger partial charge < -0.3 is 5.32 Å². The fourth-order valence-corrected chi connectivity index (χ4v) is 4.92. The van der Waals surface area contributed by atoms with Crippen molar-refractivity contribution in [2.24, 2.45) is 0 Å². The van der Waals surface area contributed by atoms with Gasteiger partial charge in [-0.3, -0.25) is 4.79 Å². The molecule has 5 nitrogen and oxygen atoms in total.